The summed E-state index contributed by atoms with van der Waals surface area (Å²) in [7, 11) is 0. The van der Waals surface area contributed by atoms with Gasteiger partial charge in [0.25, 0.3) is 5.91 Å². The van der Waals surface area contributed by atoms with Crippen LogP contribution in [0.25, 0.3) is 22.2 Å². The number of amides is 1. The lowest BCUT2D eigenvalue weighted by atomic mass is 10.0. The Kier molecular flexibility index (Phi) is 5.16. The summed E-state index contributed by atoms with van der Waals surface area (Å²) in [6.45, 7) is 2.65. The summed E-state index contributed by atoms with van der Waals surface area (Å²) < 4.78 is 0. The van der Waals surface area contributed by atoms with Crippen molar-refractivity contribution in [2.24, 2.45) is 11.5 Å². The third-order valence-electron chi connectivity index (χ3n) is 2.98. The van der Waals surface area contributed by atoms with Gasteiger partial charge in [-0.25, -0.2) is 9.97 Å². The molecule has 0 spiro atoms. The van der Waals surface area contributed by atoms with E-state index in [1.54, 1.807) is 12.1 Å². The van der Waals surface area contributed by atoms with E-state index in [0.29, 0.717) is 11.1 Å². The topological polar surface area (TPSA) is 94.9 Å². The Balaban J connectivity index is 0.000000545. The van der Waals surface area contributed by atoms with Crippen molar-refractivity contribution in [1.29, 1.82) is 0 Å². The van der Waals surface area contributed by atoms with E-state index in [1.165, 1.54) is 6.33 Å². The van der Waals surface area contributed by atoms with Gasteiger partial charge in [0, 0.05) is 10.9 Å². The van der Waals surface area contributed by atoms with Crippen molar-refractivity contribution in [2.45, 2.75) is 6.92 Å². The molecule has 22 heavy (non-hydrogen) atoms. The number of benzene rings is 2. The third-order valence-corrected chi connectivity index (χ3v) is 2.98. The van der Waals surface area contributed by atoms with Crippen LogP contribution < -0.4 is 11.5 Å². The standard InChI is InChI=1S/C15H11N3O.C2H7N/c16-15(19)12-8-4-7-11-13(17-9-18-14(11)12)10-5-2-1-3-6-10;1-2-3/h1-9H,(H2,16,19);2-3H2,1H3. The molecular formula is C17H18N4O. The summed E-state index contributed by atoms with van der Waals surface area (Å²) in [5.41, 5.74) is 13.0. The molecule has 4 N–H and O–H groups in total. The van der Waals surface area contributed by atoms with E-state index >= 15 is 0 Å². The van der Waals surface area contributed by atoms with E-state index in [2.05, 4.69) is 9.97 Å². The van der Waals surface area contributed by atoms with Crippen molar-refractivity contribution < 1.29 is 4.79 Å². The summed E-state index contributed by atoms with van der Waals surface area (Å²) >= 11 is 0. The van der Waals surface area contributed by atoms with Gasteiger partial charge in [-0.2, -0.15) is 0 Å². The predicted molar refractivity (Wildman–Crippen MR) is 88.2 cm³/mol. The lowest BCUT2D eigenvalue weighted by Gasteiger charge is -2.07. The largest absolute Gasteiger partial charge is 0.366 e. The van der Waals surface area contributed by atoms with Gasteiger partial charge in [-0.05, 0) is 12.6 Å². The quantitative estimate of drug-likeness (QED) is 0.758. The van der Waals surface area contributed by atoms with Crippen LogP contribution in [0.15, 0.2) is 54.9 Å². The number of aromatic nitrogens is 2. The van der Waals surface area contributed by atoms with Gasteiger partial charge < -0.3 is 11.5 Å². The zero-order valence-corrected chi connectivity index (χ0v) is 12.4. The van der Waals surface area contributed by atoms with Crippen molar-refractivity contribution in [3.63, 3.8) is 0 Å². The fourth-order valence-corrected chi connectivity index (χ4v) is 2.11. The molecule has 0 aliphatic heterocycles. The molecule has 0 fully saturated rings. The van der Waals surface area contributed by atoms with Crippen molar-refractivity contribution in [1.82, 2.24) is 9.97 Å². The second-order valence-corrected chi connectivity index (χ2v) is 4.56. The average molecular weight is 294 g/mol. The van der Waals surface area contributed by atoms with Crippen LogP contribution in [0, 0.1) is 0 Å². The van der Waals surface area contributed by atoms with Gasteiger partial charge in [-0.15, -0.1) is 0 Å². The molecule has 5 nitrogen and oxygen atoms in total. The SMILES string of the molecule is CCN.NC(=O)c1cccc2c(-c3ccccc3)ncnc12. The molecule has 1 amide bonds. The molecule has 0 aliphatic rings. The van der Waals surface area contributed by atoms with Crippen LogP contribution >= 0.6 is 0 Å². The van der Waals surface area contributed by atoms with Crippen LogP contribution in [0.4, 0.5) is 0 Å². The number of hydrogen-bond acceptors (Lipinski definition) is 4. The van der Waals surface area contributed by atoms with Gasteiger partial charge in [-0.1, -0.05) is 49.4 Å². The second-order valence-electron chi connectivity index (χ2n) is 4.56. The monoisotopic (exact) mass is 294 g/mol. The Bertz CT molecular complexity index is 772. The molecule has 0 atom stereocenters. The van der Waals surface area contributed by atoms with Gasteiger partial charge in [-0.3, -0.25) is 4.79 Å². The summed E-state index contributed by atoms with van der Waals surface area (Å²) in [6, 6.07) is 15.1. The van der Waals surface area contributed by atoms with Crippen molar-refractivity contribution >= 4 is 16.8 Å². The minimum Gasteiger partial charge on any atom is -0.366 e. The zero-order chi connectivity index (χ0) is 15.9. The molecule has 3 aromatic rings. The van der Waals surface area contributed by atoms with Crippen LogP contribution in [0.5, 0.6) is 0 Å². The molecule has 5 heteroatoms. The van der Waals surface area contributed by atoms with E-state index < -0.39 is 5.91 Å². The molecule has 3 rings (SSSR count). The second kappa shape index (κ2) is 7.28. The number of carbonyl (C=O) groups is 1. The molecule has 0 unspecified atom stereocenters. The first-order valence-electron chi connectivity index (χ1n) is 6.98. The Hall–Kier alpha value is -2.79. The number of fused-ring (bicyclic) bond motifs is 1. The zero-order valence-electron chi connectivity index (χ0n) is 12.4. The van der Waals surface area contributed by atoms with Crippen LogP contribution in [0.3, 0.4) is 0 Å². The normalized spacial score (nSPS) is 9.91. The molecule has 1 heterocycles. The smallest absolute Gasteiger partial charge is 0.250 e. The third kappa shape index (κ3) is 3.27. The molecule has 2 aromatic carbocycles. The van der Waals surface area contributed by atoms with Crippen LogP contribution in [-0.4, -0.2) is 22.4 Å². The van der Waals surface area contributed by atoms with Gasteiger partial charge >= 0.3 is 0 Å². The van der Waals surface area contributed by atoms with E-state index in [0.717, 1.165) is 23.2 Å². The average Bonchev–Trinajstić information content (AvgIpc) is 2.55. The van der Waals surface area contributed by atoms with Crippen molar-refractivity contribution in [3.8, 4) is 11.3 Å². The molecule has 0 saturated carbocycles. The maximum atomic E-state index is 11.4. The Morgan fingerprint density at radius 3 is 2.36 bits per heavy atom. The van der Waals surface area contributed by atoms with Gasteiger partial charge in [0.15, 0.2) is 0 Å². The summed E-state index contributed by atoms with van der Waals surface area (Å²) in [4.78, 5) is 19.9. The lowest BCUT2D eigenvalue weighted by Crippen LogP contribution is -2.12. The fourth-order valence-electron chi connectivity index (χ4n) is 2.11. The van der Waals surface area contributed by atoms with Gasteiger partial charge in [0.1, 0.15) is 6.33 Å². The highest BCUT2D eigenvalue weighted by molar-refractivity contribution is 6.07. The minimum atomic E-state index is -0.483. The molecule has 0 saturated heterocycles. The number of carbonyl (C=O) groups excluding carboxylic acids is 1. The molecule has 0 radical (unpaired) electrons. The van der Waals surface area contributed by atoms with E-state index in [1.807, 2.05) is 43.3 Å². The van der Waals surface area contributed by atoms with Crippen LogP contribution in [0.1, 0.15) is 17.3 Å². The molecular weight excluding hydrogens is 276 g/mol. The van der Waals surface area contributed by atoms with Crippen LogP contribution in [-0.2, 0) is 0 Å². The van der Waals surface area contributed by atoms with Gasteiger partial charge in [0.05, 0.1) is 16.8 Å². The Morgan fingerprint density at radius 2 is 1.73 bits per heavy atom. The molecule has 1 aromatic heterocycles. The number of nitrogens with two attached hydrogens (primary N) is 2. The highest BCUT2D eigenvalue weighted by atomic mass is 16.1. The minimum absolute atomic E-state index is 0.414. The Morgan fingerprint density at radius 1 is 1.05 bits per heavy atom. The Labute approximate surface area is 129 Å². The van der Waals surface area contributed by atoms with Crippen molar-refractivity contribution in [3.05, 3.63) is 60.4 Å². The number of rotatable bonds is 2. The number of para-hydroxylation sites is 1. The summed E-state index contributed by atoms with van der Waals surface area (Å²) in [6.07, 6.45) is 1.46. The van der Waals surface area contributed by atoms with Crippen molar-refractivity contribution in [2.75, 3.05) is 6.54 Å². The highest BCUT2D eigenvalue weighted by Gasteiger charge is 2.11. The number of nitrogens with zero attached hydrogens (tertiary/aromatic N) is 2. The predicted octanol–water partition coefficient (Wildman–Crippen LogP) is 2.36. The molecule has 112 valence electrons. The van der Waals surface area contributed by atoms with E-state index in [9.17, 15) is 4.79 Å². The maximum Gasteiger partial charge on any atom is 0.250 e. The molecule has 0 bridgehead atoms. The van der Waals surface area contributed by atoms with Gasteiger partial charge in [0.2, 0.25) is 0 Å². The summed E-state index contributed by atoms with van der Waals surface area (Å²) in [5.74, 6) is -0.483. The molecule has 0 aliphatic carbocycles. The summed E-state index contributed by atoms with van der Waals surface area (Å²) in [5, 5.41) is 0.824. The van der Waals surface area contributed by atoms with Crippen LogP contribution in [0.2, 0.25) is 0 Å². The fraction of sp³-hybridized carbons (Fsp3) is 0.118. The number of hydrogen-bond donors (Lipinski definition) is 2. The first-order chi connectivity index (χ1) is 10.7. The first kappa shape index (κ1) is 15.6. The van der Waals surface area contributed by atoms with E-state index in [-0.39, 0.29) is 0 Å². The highest BCUT2D eigenvalue weighted by Crippen LogP contribution is 2.26. The maximum absolute atomic E-state index is 11.4. The first-order valence-corrected chi connectivity index (χ1v) is 6.98. The number of primary amides is 1. The van der Waals surface area contributed by atoms with E-state index in [4.69, 9.17) is 11.5 Å². The lowest BCUT2D eigenvalue weighted by molar-refractivity contribution is 0.100.